The highest BCUT2D eigenvalue weighted by Crippen LogP contribution is 2.38. The summed E-state index contributed by atoms with van der Waals surface area (Å²) in [6.07, 6.45) is 6.02. The zero-order valence-electron chi connectivity index (χ0n) is 15.3. The van der Waals surface area contributed by atoms with Crippen molar-refractivity contribution in [1.82, 2.24) is 15.1 Å². The first kappa shape index (κ1) is 19.2. The normalized spacial score (nSPS) is 30.0. The molecular formula is C20H28ClN3O2. The highest BCUT2D eigenvalue weighted by atomic mass is 35.5. The van der Waals surface area contributed by atoms with E-state index in [1.807, 2.05) is 42.3 Å². The lowest BCUT2D eigenvalue weighted by Crippen LogP contribution is -2.56. The number of carbonyl (C=O) groups is 2. The van der Waals surface area contributed by atoms with Crippen LogP contribution in [0.25, 0.3) is 0 Å². The molecule has 1 N–H and O–H groups in total. The molecule has 2 bridgehead atoms. The maximum Gasteiger partial charge on any atom is 0.253 e. The van der Waals surface area contributed by atoms with Crippen LogP contribution in [-0.4, -0.2) is 59.4 Å². The maximum absolute atomic E-state index is 12.9. The van der Waals surface area contributed by atoms with E-state index in [-0.39, 0.29) is 30.4 Å². The monoisotopic (exact) mass is 377 g/mol. The highest BCUT2D eigenvalue weighted by molar-refractivity contribution is 5.94. The predicted molar refractivity (Wildman–Crippen MR) is 103 cm³/mol. The van der Waals surface area contributed by atoms with Crippen molar-refractivity contribution in [3.05, 3.63) is 35.9 Å². The Bertz CT molecular complexity index is 634. The van der Waals surface area contributed by atoms with E-state index in [0.29, 0.717) is 18.0 Å². The third kappa shape index (κ3) is 3.47. The summed E-state index contributed by atoms with van der Waals surface area (Å²) >= 11 is 0. The van der Waals surface area contributed by atoms with Gasteiger partial charge in [-0.3, -0.25) is 9.59 Å². The Hall–Kier alpha value is -1.59. The summed E-state index contributed by atoms with van der Waals surface area (Å²) in [6.45, 7) is 0.955. The number of nitrogens with zero attached hydrogens (tertiary/aromatic N) is 2. The molecule has 0 radical (unpaired) electrons. The van der Waals surface area contributed by atoms with Gasteiger partial charge in [0.05, 0.1) is 6.04 Å². The fourth-order valence-corrected chi connectivity index (χ4v) is 4.85. The summed E-state index contributed by atoms with van der Waals surface area (Å²) in [5.74, 6) is 0.378. The fourth-order valence-electron chi connectivity index (χ4n) is 4.85. The first-order valence-corrected chi connectivity index (χ1v) is 9.53. The Morgan fingerprint density at radius 1 is 1.08 bits per heavy atom. The molecule has 0 spiro atoms. The molecule has 3 aliphatic heterocycles. The lowest BCUT2D eigenvalue weighted by molar-refractivity contribution is -0.138. The molecule has 5 nitrogen and oxygen atoms in total. The van der Waals surface area contributed by atoms with Gasteiger partial charge in [-0.25, -0.2) is 0 Å². The first-order valence-electron chi connectivity index (χ1n) is 9.53. The van der Waals surface area contributed by atoms with Crippen LogP contribution in [0.3, 0.4) is 0 Å². The van der Waals surface area contributed by atoms with E-state index >= 15 is 0 Å². The maximum atomic E-state index is 12.9. The summed E-state index contributed by atoms with van der Waals surface area (Å²) in [4.78, 5) is 29.7. The summed E-state index contributed by atoms with van der Waals surface area (Å²) in [6, 6.07) is 10.3. The Morgan fingerprint density at radius 3 is 2.31 bits per heavy atom. The molecule has 3 heterocycles. The quantitative estimate of drug-likeness (QED) is 0.880. The zero-order valence-corrected chi connectivity index (χ0v) is 16.1. The first-order chi connectivity index (χ1) is 12.1. The number of amides is 2. The van der Waals surface area contributed by atoms with Crippen molar-refractivity contribution >= 4 is 24.2 Å². The van der Waals surface area contributed by atoms with E-state index in [1.54, 1.807) is 0 Å². The van der Waals surface area contributed by atoms with Crippen molar-refractivity contribution in [2.75, 3.05) is 13.6 Å². The number of fused-ring (bicyclic) bond motifs is 2. The van der Waals surface area contributed by atoms with Crippen LogP contribution in [-0.2, 0) is 4.79 Å². The van der Waals surface area contributed by atoms with Crippen LogP contribution in [0.2, 0.25) is 0 Å². The molecule has 4 rings (SSSR count). The Balaban J connectivity index is 0.00000196. The molecule has 0 saturated carbocycles. The summed E-state index contributed by atoms with van der Waals surface area (Å²) in [7, 11) is 1.91. The number of halogens is 1. The molecule has 3 atom stereocenters. The molecule has 0 aliphatic carbocycles. The van der Waals surface area contributed by atoms with Crippen molar-refractivity contribution in [3.63, 3.8) is 0 Å². The number of carbonyl (C=O) groups excluding carboxylic acids is 2. The average Bonchev–Trinajstić information content (AvgIpc) is 3.27. The van der Waals surface area contributed by atoms with Gasteiger partial charge in [-0.2, -0.15) is 0 Å². The Morgan fingerprint density at radius 2 is 1.73 bits per heavy atom. The third-order valence-electron chi connectivity index (χ3n) is 6.21. The van der Waals surface area contributed by atoms with Crippen LogP contribution in [0.15, 0.2) is 30.3 Å². The summed E-state index contributed by atoms with van der Waals surface area (Å²) < 4.78 is 0. The number of hydrogen-bond acceptors (Lipinski definition) is 3. The van der Waals surface area contributed by atoms with Gasteiger partial charge in [0.1, 0.15) is 0 Å². The molecule has 3 aliphatic rings. The number of piperidine rings is 1. The lowest BCUT2D eigenvalue weighted by atomic mass is 9.94. The van der Waals surface area contributed by atoms with E-state index in [4.69, 9.17) is 0 Å². The molecule has 26 heavy (non-hydrogen) atoms. The Labute approximate surface area is 161 Å². The van der Waals surface area contributed by atoms with Crippen LogP contribution in [0.4, 0.5) is 0 Å². The van der Waals surface area contributed by atoms with E-state index in [0.717, 1.165) is 50.6 Å². The molecule has 6 heteroatoms. The van der Waals surface area contributed by atoms with Crippen molar-refractivity contribution in [2.24, 2.45) is 0 Å². The van der Waals surface area contributed by atoms with Crippen molar-refractivity contribution < 1.29 is 9.59 Å². The van der Waals surface area contributed by atoms with E-state index in [9.17, 15) is 9.59 Å². The molecule has 3 fully saturated rings. The number of benzene rings is 1. The molecule has 142 valence electrons. The molecule has 0 aromatic heterocycles. The zero-order chi connectivity index (χ0) is 17.4. The Kier molecular flexibility index (Phi) is 5.88. The van der Waals surface area contributed by atoms with Crippen LogP contribution in [0.1, 0.15) is 48.9 Å². The van der Waals surface area contributed by atoms with E-state index in [1.165, 1.54) is 0 Å². The predicted octanol–water partition coefficient (Wildman–Crippen LogP) is 2.45. The summed E-state index contributed by atoms with van der Waals surface area (Å²) in [5, 5.41) is 3.34. The van der Waals surface area contributed by atoms with E-state index in [2.05, 4.69) is 10.2 Å². The van der Waals surface area contributed by atoms with Crippen LogP contribution in [0, 0.1) is 0 Å². The van der Waals surface area contributed by atoms with Crippen molar-refractivity contribution in [3.8, 4) is 0 Å². The second-order valence-electron chi connectivity index (χ2n) is 7.69. The minimum absolute atomic E-state index is 0. The van der Waals surface area contributed by atoms with Gasteiger partial charge >= 0.3 is 0 Å². The van der Waals surface area contributed by atoms with Crippen LogP contribution >= 0.6 is 12.4 Å². The molecular weight excluding hydrogens is 350 g/mol. The lowest BCUT2D eigenvalue weighted by Gasteiger charge is -2.43. The molecule has 3 unspecified atom stereocenters. The highest BCUT2D eigenvalue weighted by Gasteiger charge is 2.46. The number of rotatable bonds is 3. The van der Waals surface area contributed by atoms with Crippen molar-refractivity contribution in [1.29, 1.82) is 0 Å². The second kappa shape index (κ2) is 7.97. The second-order valence-corrected chi connectivity index (χ2v) is 7.69. The standard InChI is InChI=1S/C20H27N3O2.ClH/c1-22(19(24)14-6-3-2-4-7-14)17-12-15-9-10-16(13-17)23(15)20(25)18-8-5-11-21-18;/h2-4,6-7,15-18,21H,5,8-13H2,1H3;1H. The largest absolute Gasteiger partial charge is 0.339 e. The third-order valence-corrected chi connectivity index (χ3v) is 6.21. The van der Waals surface area contributed by atoms with Gasteiger partial charge in [-0.15, -0.1) is 12.4 Å². The molecule has 1 aromatic rings. The van der Waals surface area contributed by atoms with Gasteiger partial charge in [0.15, 0.2) is 0 Å². The minimum atomic E-state index is 0. The van der Waals surface area contributed by atoms with Gasteiger partial charge in [0.25, 0.3) is 5.91 Å². The number of nitrogens with one attached hydrogen (secondary N) is 1. The van der Waals surface area contributed by atoms with Gasteiger partial charge in [0, 0.05) is 30.7 Å². The SMILES string of the molecule is CN(C(=O)c1ccccc1)C1CC2CCC(C1)N2C(=O)C1CCCN1.Cl. The van der Waals surface area contributed by atoms with Gasteiger partial charge in [-0.1, -0.05) is 18.2 Å². The molecule has 3 saturated heterocycles. The van der Waals surface area contributed by atoms with Crippen molar-refractivity contribution in [2.45, 2.75) is 62.7 Å². The number of hydrogen-bond donors (Lipinski definition) is 1. The van der Waals surface area contributed by atoms with Gasteiger partial charge < -0.3 is 15.1 Å². The van der Waals surface area contributed by atoms with Crippen LogP contribution in [0.5, 0.6) is 0 Å². The fraction of sp³-hybridized carbons (Fsp3) is 0.600. The van der Waals surface area contributed by atoms with Crippen LogP contribution < -0.4 is 5.32 Å². The average molecular weight is 378 g/mol. The van der Waals surface area contributed by atoms with Gasteiger partial charge in [0.2, 0.25) is 5.91 Å². The van der Waals surface area contributed by atoms with Gasteiger partial charge in [-0.05, 0) is 57.2 Å². The minimum Gasteiger partial charge on any atom is -0.339 e. The topological polar surface area (TPSA) is 52.7 Å². The summed E-state index contributed by atoms with van der Waals surface area (Å²) in [5.41, 5.74) is 0.742. The smallest absolute Gasteiger partial charge is 0.253 e. The van der Waals surface area contributed by atoms with E-state index < -0.39 is 0 Å². The molecule has 2 amide bonds. The molecule has 1 aromatic carbocycles.